The van der Waals surface area contributed by atoms with Crippen LogP contribution in [0.4, 0.5) is 5.69 Å². The summed E-state index contributed by atoms with van der Waals surface area (Å²) >= 11 is 0. The number of nitrogens with one attached hydrogen (secondary N) is 2. The van der Waals surface area contributed by atoms with Gasteiger partial charge in [-0.3, -0.25) is 5.41 Å². The fraction of sp³-hybridized carbons (Fsp3) is 0.231. The summed E-state index contributed by atoms with van der Waals surface area (Å²) in [5.41, 5.74) is 8.55. The van der Waals surface area contributed by atoms with E-state index in [0.717, 1.165) is 63.8 Å². The first-order valence-corrected chi connectivity index (χ1v) is 10.4. The van der Waals surface area contributed by atoms with Crippen molar-refractivity contribution in [2.24, 2.45) is 7.05 Å². The van der Waals surface area contributed by atoms with E-state index in [1.54, 1.807) is 0 Å². The largest absolute Gasteiger partial charge is 0.388 e. The monoisotopic (exact) mass is 394 g/mol. The molecular formula is C26H26N4. The van der Waals surface area contributed by atoms with Crippen LogP contribution in [-0.4, -0.2) is 17.3 Å². The summed E-state index contributed by atoms with van der Waals surface area (Å²) in [7, 11) is 3.90. The van der Waals surface area contributed by atoms with Crippen LogP contribution in [-0.2, 0) is 7.05 Å². The standard InChI is InChI=1S/C26H26N4/c1-4-17-9-10-18(13-21(17)16-27)19-11-12-23(29-2)22(14-19)26(28)25-15-20-7-5-6-8-24(20)30(25)3/h5-8,11-15,28-29H,4,9-10H2,1-3H3. The zero-order chi connectivity index (χ0) is 21.3. The second-order valence-corrected chi connectivity index (χ2v) is 7.68. The van der Waals surface area contributed by atoms with Crippen molar-refractivity contribution in [2.75, 3.05) is 12.4 Å². The minimum absolute atomic E-state index is 0.488. The predicted octanol–water partition coefficient (Wildman–Crippen LogP) is 6.04. The Bertz CT molecular complexity index is 1250. The summed E-state index contributed by atoms with van der Waals surface area (Å²) in [5.74, 6) is 0. The van der Waals surface area contributed by atoms with E-state index >= 15 is 0 Å². The molecule has 0 saturated heterocycles. The molecule has 0 amide bonds. The lowest BCUT2D eigenvalue weighted by atomic mass is 9.87. The van der Waals surface area contributed by atoms with Crippen molar-refractivity contribution in [2.45, 2.75) is 26.2 Å². The maximum atomic E-state index is 9.53. The van der Waals surface area contributed by atoms with Crippen molar-refractivity contribution in [1.29, 1.82) is 10.7 Å². The highest BCUT2D eigenvalue weighted by atomic mass is 15.0. The average Bonchev–Trinajstić information content (AvgIpc) is 3.14. The molecule has 2 aromatic carbocycles. The van der Waals surface area contributed by atoms with E-state index in [2.05, 4.69) is 53.2 Å². The summed E-state index contributed by atoms with van der Waals surface area (Å²) in [6.45, 7) is 2.11. The first-order chi connectivity index (χ1) is 14.6. The highest BCUT2D eigenvalue weighted by Crippen LogP contribution is 2.34. The van der Waals surface area contributed by atoms with Crippen LogP contribution in [0, 0.1) is 16.7 Å². The van der Waals surface area contributed by atoms with Gasteiger partial charge in [-0.25, -0.2) is 0 Å². The second kappa shape index (κ2) is 8.04. The molecule has 0 unspecified atom stereocenters. The van der Waals surface area contributed by atoms with Gasteiger partial charge in [-0.15, -0.1) is 0 Å². The minimum Gasteiger partial charge on any atom is -0.388 e. The van der Waals surface area contributed by atoms with Crippen LogP contribution in [0.15, 0.2) is 65.8 Å². The third kappa shape index (κ3) is 3.33. The smallest absolute Gasteiger partial charge is 0.0991 e. The molecule has 3 aromatic rings. The van der Waals surface area contributed by atoms with Gasteiger partial charge in [0.15, 0.2) is 0 Å². The molecule has 0 saturated carbocycles. The van der Waals surface area contributed by atoms with Crippen molar-refractivity contribution in [3.8, 4) is 6.07 Å². The fourth-order valence-electron chi connectivity index (χ4n) is 4.31. The summed E-state index contributed by atoms with van der Waals surface area (Å²) in [6, 6.07) is 18.8. The van der Waals surface area contributed by atoms with E-state index in [0.29, 0.717) is 5.71 Å². The SMILES string of the molecule is CCC1=C(C#N)C=C(c2ccc(NC)c(C(=N)c3cc4ccccc4n3C)c2)CC1. The van der Waals surface area contributed by atoms with Crippen molar-refractivity contribution in [3.63, 3.8) is 0 Å². The van der Waals surface area contributed by atoms with Gasteiger partial charge >= 0.3 is 0 Å². The van der Waals surface area contributed by atoms with E-state index in [4.69, 9.17) is 5.41 Å². The quantitative estimate of drug-likeness (QED) is 0.518. The number of aromatic nitrogens is 1. The van der Waals surface area contributed by atoms with Gasteiger partial charge in [0.25, 0.3) is 0 Å². The third-order valence-corrected chi connectivity index (χ3v) is 6.08. The molecule has 0 spiro atoms. The van der Waals surface area contributed by atoms with Crippen LogP contribution >= 0.6 is 0 Å². The lowest BCUT2D eigenvalue weighted by molar-refractivity contribution is 0.895. The number of hydrogen-bond donors (Lipinski definition) is 2. The van der Waals surface area contributed by atoms with Crippen molar-refractivity contribution in [1.82, 2.24) is 4.57 Å². The maximum Gasteiger partial charge on any atom is 0.0991 e. The second-order valence-electron chi connectivity index (χ2n) is 7.68. The number of benzene rings is 2. The van der Waals surface area contributed by atoms with E-state index < -0.39 is 0 Å². The van der Waals surface area contributed by atoms with Gasteiger partial charge in [0.2, 0.25) is 0 Å². The van der Waals surface area contributed by atoms with Gasteiger partial charge in [-0.05, 0) is 60.7 Å². The lowest BCUT2D eigenvalue weighted by Crippen LogP contribution is -2.10. The first-order valence-electron chi connectivity index (χ1n) is 10.4. The Kier molecular flexibility index (Phi) is 5.29. The highest BCUT2D eigenvalue weighted by Gasteiger charge is 2.18. The maximum absolute atomic E-state index is 9.53. The van der Waals surface area contributed by atoms with Crippen molar-refractivity contribution < 1.29 is 0 Å². The average molecular weight is 395 g/mol. The Hall–Kier alpha value is -3.58. The molecule has 4 heteroatoms. The van der Waals surface area contributed by atoms with E-state index in [-0.39, 0.29) is 0 Å². The van der Waals surface area contributed by atoms with Crippen LogP contribution in [0.3, 0.4) is 0 Å². The third-order valence-electron chi connectivity index (χ3n) is 6.08. The topological polar surface area (TPSA) is 64.6 Å². The van der Waals surface area contributed by atoms with Gasteiger partial charge in [-0.1, -0.05) is 36.8 Å². The number of fused-ring (bicyclic) bond motifs is 1. The van der Waals surface area contributed by atoms with Crippen LogP contribution in [0.5, 0.6) is 0 Å². The van der Waals surface area contributed by atoms with Gasteiger partial charge in [-0.2, -0.15) is 5.26 Å². The van der Waals surface area contributed by atoms with Gasteiger partial charge < -0.3 is 9.88 Å². The van der Waals surface area contributed by atoms with E-state index in [1.165, 1.54) is 5.57 Å². The molecule has 0 fully saturated rings. The Labute approximate surface area is 177 Å². The molecule has 0 radical (unpaired) electrons. The van der Waals surface area contributed by atoms with Crippen LogP contribution in [0.2, 0.25) is 0 Å². The molecule has 0 atom stereocenters. The Morgan fingerprint density at radius 2 is 1.97 bits per heavy atom. The number of hydrogen-bond acceptors (Lipinski definition) is 3. The number of nitriles is 1. The molecule has 1 aromatic heterocycles. The minimum atomic E-state index is 0.488. The van der Waals surface area contributed by atoms with Crippen LogP contribution in [0.25, 0.3) is 16.5 Å². The number of nitrogens with zero attached hydrogens (tertiary/aromatic N) is 2. The molecule has 4 rings (SSSR count). The summed E-state index contributed by atoms with van der Waals surface area (Å²) in [5, 5.41) is 22.9. The highest BCUT2D eigenvalue weighted by molar-refractivity contribution is 6.15. The number of aryl methyl sites for hydroxylation is 1. The van der Waals surface area contributed by atoms with Gasteiger partial charge in [0.05, 0.1) is 23.0 Å². The summed E-state index contributed by atoms with van der Waals surface area (Å²) < 4.78 is 2.08. The van der Waals surface area contributed by atoms with E-state index in [1.807, 2.05) is 38.4 Å². The number of anilines is 1. The zero-order valence-corrected chi connectivity index (χ0v) is 17.7. The summed E-state index contributed by atoms with van der Waals surface area (Å²) in [4.78, 5) is 0. The van der Waals surface area contributed by atoms with Gasteiger partial charge in [0.1, 0.15) is 0 Å². The van der Waals surface area contributed by atoms with Crippen molar-refractivity contribution >= 4 is 27.9 Å². The molecule has 1 aliphatic rings. The van der Waals surface area contributed by atoms with Crippen LogP contribution < -0.4 is 5.32 Å². The molecule has 0 bridgehead atoms. The number of para-hydroxylation sites is 1. The molecule has 2 N–H and O–H groups in total. The Balaban J connectivity index is 1.80. The molecule has 1 heterocycles. The number of allylic oxidation sites excluding steroid dienone is 4. The molecule has 4 nitrogen and oxygen atoms in total. The lowest BCUT2D eigenvalue weighted by Gasteiger charge is -2.19. The van der Waals surface area contributed by atoms with E-state index in [9.17, 15) is 5.26 Å². The van der Waals surface area contributed by atoms with Crippen molar-refractivity contribution in [3.05, 3.63) is 82.6 Å². The zero-order valence-electron chi connectivity index (χ0n) is 17.7. The summed E-state index contributed by atoms with van der Waals surface area (Å²) in [6.07, 6.45) is 4.80. The number of rotatable bonds is 5. The molecule has 30 heavy (non-hydrogen) atoms. The molecule has 0 aliphatic heterocycles. The Morgan fingerprint density at radius 1 is 1.17 bits per heavy atom. The molecular weight excluding hydrogens is 368 g/mol. The Morgan fingerprint density at radius 3 is 2.67 bits per heavy atom. The van der Waals surface area contributed by atoms with Gasteiger partial charge in [0, 0.05) is 36.2 Å². The molecule has 1 aliphatic carbocycles. The fourth-order valence-corrected chi connectivity index (χ4v) is 4.31. The molecule has 150 valence electrons. The predicted molar refractivity (Wildman–Crippen MR) is 125 cm³/mol. The van der Waals surface area contributed by atoms with Crippen LogP contribution in [0.1, 0.15) is 43.0 Å². The first kappa shape index (κ1) is 19.7. The normalized spacial score (nSPS) is 13.9.